The summed E-state index contributed by atoms with van der Waals surface area (Å²) in [5.74, 6) is 0.341. The van der Waals surface area contributed by atoms with Crippen LogP contribution in [-0.4, -0.2) is 45.1 Å². The number of carbonyl (C=O) groups excluding carboxylic acids is 1. The Morgan fingerprint density at radius 2 is 1.84 bits per heavy atom. The molecule has 2 fully saturated rings. The van der Waals surface area contributed by atoms with Crippen molar-refractivity contribution >= 4 is 21.6 Å². The van der Waals surface area contributed by atoms with Gasteiger partial charge < -0.3 is 10.1 Å². The first-order valence-electron chi connectivity index (χ1n) is 8.74. The Hall–Kier alpha value is -1.60. The zero-order valence-corrected chi connectivity index (χ0v) is 15.6. The molecule has 0 aromatic heterocycles. The van der Waals surface area contributed by atoms with Crippen molar-refractivity contribution < 1.29 is 17.9 Å². The van der Waals surface area contributed by atoms with Crippen molar-refractivity contribution in [2.75, 3.05) is 31.8 Å². The quantitative estimate of drug-likeness (QED) is 0.888. The summed E-state index contributed by atoms with van der Waals surface area (Å²) in [6.45, 7) is 0.743. The minimum absolute atomic E-state index is 0.0850. The normalized spacial score (nSPS) is 23.5. The van der Waals surface area contributed by atoms with E-state index in [-0.39, 0.29) is 23.8 Å². The van der Waals surface area contributed by atoms with Crippen LogP contribution in [-0.2, 0) is 14.8 Å². The van der Waals surface area contributed by atoms with E-state index in [1.807, 2.05) is 0 Å². The van der Waals surface area contributed by atoms with Crippen LogP contribution in [0.3, 0.4) is 0 Å². The van der Waals surface area contributed by atoms with Gasteiger partial charge in [-0.3, -0.25) is 4.79 Å². The summed E-state index contributed by atoms with van der Waals surface area (Å²) in [4.78, 5) is 13.0. The molecule has 6 nitrogen and oxygen atoms in total. The Kier molecular flexibility index (Phi) is 5.06. The van der Waals surface area contributed by atoms with Crippen LogP contribution >= 0.6 is 0 Å². The topological polar surface area (TPSA) is 75.7 Å². The van der Waals surface area contributed by atoms with Crippen LogP contribution in [0.15, 0.2) is 24.3 Å². The highest BCUT2D eigenvalue weighted by molar-refractivity contribution is 7.88. The standard InChI is InChI=1S/C18H26N2O4S/c1-24-15-8-6-14(7-9-15)19-17(21)16-12-20(25(2,22)23)13-18(16)10-4-3-5-11-18/h6-9,16H,3-5,10-13H2,1-2H3,(H,19,21). The lowest BCUT2D eigenvalue weighted by molar-refractivity contribution is -0.123. The van der Waals surface area contributed by atoms with E-state index < -0.39 is 10.0 Å². The molecule has 1 saturated heterocycles. The molecule has 1 atom stereocenters. The summed E-state index contributed by atoms with van der Waals surface area (Å²) >= 11 is 0. The molecule has 0 bridgehead atoms. The number of carbonyl (C=O) groups is 1. The van der Waals surface area contributed by atoms with Crippen molar-refractivity contribution in [1.82, 2.24) is 4.31 Å². The molecular formula is C18H26N2O4S. The highest BCUT2D eigenvalue weighted by Crippen LogP contribution is 2.48. The molecule has 1 aliphatic heterocycles. The number of amides is 1. The molecular weight excluding hydrogens is 340 g/mol. The summed E-state index contributed by atoms with van der Waals surface area (Å²) in [6.07, 6.45) is 6.34. The van der Waals surface area contributed by atoms with E-state index >= 15 is 0 Å². The fourth-order valence-electron chi connectivity index (χ4n) is 4.20. The van der Waals surface area contributed by atoms with Crippen LogP contribution in [0.5, 0.6) is 5.75 Å². The Balaban J connectivity index is 1.80. The molecule has 1 aromatic rings. The molecule has 1 aromatic carbocycles. The minimum atomic E-state index is -3.29. The zero-order valence-electron chi connectivity index (χ0n) is 14.8. The Labute approximate surface area is 149 Å². The molecule has 0 radical (unpaired) electrons. The lowest BCUT2D eigenvalue weighted by Crippen LogP contribution is -2.39. The number of nitrogens with zero attached hydrogens (tertiary/aromatic N) is 1. The van der Waals surface area contributed by atoms with Gasteiger partial charge in [-0.05, 0) is 42.5 Å². The third-order valence-corrected chi connectivity index (χ3v) is 6.83. The molecule has 3 rings (SSSR count). The van der Waals surface area contributed by atoms with Gasteiger partial charge in [-0.1, -0.05) is 19.3 Å². The number of anilines is 1. The van der Waals surface area contributed by atoms with Crippen molar-refractivity contribution in [2.24, 2.45) is 11.3 Å². The van der Waals surface area contributed by atoms with E-state index in [2.05, 4.69) is 5.32 Å². The van der Waals surface area contributed by atoms with Gasteiger partial charge in [0, 0.05) is 18.8 Å². The first-order chi connectivity index (χ1) is 11.8. The van der Waals surface area contributed by atoms with Gasteiger partial charge in [0.1, 0.15) is 5.75 Å². The van der Waals surface area contributed by atoms with Crippen LogP contribution < -0.4 is 10.1 Å². The molecule has 1 unspecified atom stereocenters. The van der Waals surface area contributed by atoms with Crippen molar-refractivity contribution in [3.8, 4) is 5.75 Å². The van der Waals surface area contributed by atoms with Gasteiger partial charge in [0.05, 0.1) is 19.3 Å². The number of methoxy groups -OCH3 is 1. The molecule has 2 aliphatic rings. The van der Waals surface area contributed by atoms with Gasteiger partial charge >= 0.3 is 0 Å². The van der Waals surface area contributed by atoms with Gasteiger partial charge in [0.15, 0.2) is 0 Å². The molecule has 1 amide bonds. The maximum absolute atomic E-state index is 13.0. The maximum Gasteiger partial charge on any atom is 0.229 e. The van der Waals surface area contributed by atoms with Gasteiger partial charge in [-0.15, -0.1) is 0 Å². The first-order valence-corrected chi connectivity index (χ1v) is 10.6. The molecule has 1 N–H and O–H groups in total. The lowest BCUT2D eigenvalue weighted by Gasteiger charge is -2.37. The van der Waals surface area contributed by atoms with E-state index in [0.717, 1.165) is 37.9 Å². The largest absolute Gasteiger partial charge is 0.497 e. The van der Waals surface area contributed by atoms with E-state index in [0.29, 0.717) is 12.2 Å². The fourth-order valence-corrected chi connectivity index (χ4v) is 5.11. The highest BCUT2D eigenvalue weighted by Gasteiger charge is 2.52. The predicted octanol–water partition coefficient (Wildman–Crippen LogP) is 2.48. The van der Waals surface area contributed by atoms with Crippen LogP contribution in [0, 0.1) is 11.3 Å². The molecule has 1 aliphatic carbocycles. The number of nitrogens with one attached hydrogen (secondary N) is 1. The Morgan fingerprint density at radius 1 is 1.20 bits per heavy atom. The minimum Gasteiger partial charge on any atom is -0.497 e. The van der Waals surface area contributed by atoms with Crippen molar-refractivity contribution in [1.29, 1.82) is 0 Å². The average molecular weight is 366 g/mol. The fraction of sp³-hybridized carbons (Fsp3) is 0.611. The third kappa shape index (κ3) is 3.82. The van der Waals surface area contributed by atoms with Gasteiger partial charge in [0.2, 0.25) is 15.9 Å². The summed E-state index contributed by atoms with van der Waals surface area (Å²) in [5.41, 5.74) is 0.479. The van der Waals surface area contributed by atoms with Crippen LogP contribution in [0.1, 0.15) is 32.1 Å². The van der Waals surface area contributed by atoms with Crippen molar-refractivity contribution in [3.63, 3.8) is 0 Å². The number of rotatable bonds is 4. The Morgan fingerprint density at radius 3 is 2.40 bits per heavy atom. The molecule has 1 spiro atoms. The second-order valence-electron chi connectivity index (χ2n) is 7.25. The van der Waals surface area contributed by atoms with E-state index in [1.165, 1.54) is 10.6 Å². The smallest absolute Gasteiger partial charge is 0.229 e. The highest BCUT2D eigenvalue weighted by atomic mass is 32.2. The SMILES string of the molecule is COc1ccc(NC(=O)C2CN(S(C)(=O)=O)CC23CCCCC3)cc1. The van der Waals surface area contributed by atoms with E-state index in [4.69, 9.17) is 4.74 Å². The number of benzene rings is 1. The van der Waals surface area contributed by atoms with Crippen LogP contribution in [0.2, 0.25) is 0 Å². The van der Waals surface area contributed by atoms with Crippen LogP contribution in [0.4, 0.5) is 5.69 Å². The van der Waals surface area contributed by atoms with Crippen molar-refractivity contribution in [3.05, 3.63) is 24.3 Å². The average Bonchev–Trinajstić information content (AvgIpc) is 2.95. The summed E-state index contributed by atoms with van der Waals surface area (Å²) in [7, 11) is -1.69. The molecule has 1 saturated carbocycles. The number of hydrogen-bond donors (Lipinski definition) is 1. The first kappa shape index (κ1) is 18.2. The number of ether oxygens (including phenoxy) is 1. The molecule has 138 valence electrons. The van der Waals surface area contributed by atoms with Crippen LogP contribution in [0.25, 0.3) is 0 Å². The lowest BCUT2D eigenvalue weighted by atomic mass is 9.67. The van der Waals surface area contributed by atoms with E-state index in [1.54, 1.807) is 31.4 Å². The van der Waals surface area contributed by atoms with Gasteiger partial charge in [0.25, 0.3) is 0 Å². The number of sulfonamides is 1. The zero-order chi connectivity index (χ0) is 18.1. The number of hydrogen-bond acceptors (Lipinski definition) is 4. The molecule has 25 heavy (non-hydrogen) atoms. The second-order valence-corrected chi connectivity index (χ2v) is 9.23. The van der Waals surface area contributed by atoms with E-state index in [9.17, 15) is 13.2 Å². The third-order valence-electron chi connectivity index (χ3n) is 5.61. The monoisotopic (exact) mass is 366 g/mol. The summed E-state index contributed by atoms with van der Waals surface area (Å²) in [5, 5.41) is 2.96. The summed E-state index contributed by atoms with van der Waals surface area (Å²) in [6, 6.07) is 7.19. The van der Waals surface area contributed by atoms with Gasteiger partial charge in [-0.2, -0.15) is 0 Å². The molecule has 7 heteroatoms. The molecule has 1 heterocycles. The maximum atomic E-state index is 13.0. The van der Waals surface area contributed by atoms with Gasteiger partial charge in [-0.25, -0.2) is 12.7 Å². The Bertz CT molecular complexity index is 724. The van der Waals surface area contributed by atoms with Crippen molar-refractivity contribution in [2.45, 2.75) is 32.1 Å². The second kappa shape index (κ2) is 6.96. The summed E-state index contributed by atoms with van der Waals surface area (Å²) < 4.78 is 30.7. The predicted molar refractivity (Wildman–Crippen MR) is 97.0 cm³/mol.